The second-order valence-corrected chi connectivity index (χ2v) is 4.29. The highest BCUT2D eigenvalue weighted by atomic mass is 35.5. The molecule has 0 saturated carbocycles. The van der Waals surface area contributed by atoms with Gasteiger partial charge in [-0.2, -0.15) is 0 Å². The van der Waals surface area contributed by atoms with Gasteiger partial charge in [0.25, 0.3) is 0 Å². The largest absolute Gasteiger partial charge is 0.330 e. The van der Waals surface area contributed by atoms with E-state index in [0.717, 1.165) is 0 Å². The van der Waals surface area contributed by atoms with Gasteiger partial charge in [0, 0.05) is 17.4 Å². The Bertz CT molecular complexity index is 381. The number of halogens is 2. The maximum atomic E-state index is 13.3. The Hall–Kier alpha value is -0.930. The molecule has 1 aromatic carbocycles. The van der Waals surface area contributed by atoms with E-state index in [2.05, 4.69) is 0 Å². The fourth-order valence-corrected chi connectivity index (χ4v) is 1.65. The molecule has 0 fully saturated rings. The molecule has 0 aliphatic carbocycles. The van der Waals surface area contributed by atoms with Gasteiger partial charge in [0.15, 0.2) is 0 Å². The molecule has 16 heavy (non-hydrogen) atoms. The van der Waals surface area contributed by atoms with Crippen LogP contribution in [0.3, 0.4) is 0 Å². The van der Waals surface area contributed by atoms with Gasteiger partial charge in [0.2, 0.25) is 0 Å². The second kappa shape index (κ2) is 5.97. The van der Waals surface area contributed by atoms with Gasteiger partial charge >= 0.3 is 0 Å². The Morgan fingerprint density at radius 1 is 1.56 bits per heavy atom. The molecule has 0 aromatic heterocycles. The van der Waals surface area contributed by atoms with E-state index in [1.165, 1.54) is 18.2 Å². The fourth-order valence-electron chi connectivity index (χ4n) is 1.45. The summed E-state index contributed by atoms with van der Waals surface area (Å²) in [6, 6.07) is 4.23. The molecule has 4 heteroatoms. The molecule has 1 unspecified atom stereocenters. The first-order chi connectivity index (χ1) is 7.54. The van der Waals surface area contributed by atoms with E-state index in [1.807, 2.05) is 0 Å². The van der Waals surface area contributed by atoms with Crippen molar-refractivity contribution >= 4 is 17.4 Å². The molecule has 0 aliphatic heterocycles. The van der Waals surface area contributed by atoms with Crippen molar-refractivity contribution < 1.29 is 9.18 Å². The highest BCUT2D eigenvalue weighted by molar-refractivity contribution is 6.30. The van der Waals surface area contributed by atoms with Gasteiger partial charge in [0.1, 0.15) is 11.6 Å². The normalized spacial score (nSPS) is 12.5. The van der Waals surface area contributed by atoms with Gasteiger partial charge in [0.05, 0.1) is 0 Å². The Kier molecular flexibility index (Phi) is 4.90. The molecule has 2 N–H and O–H groups in total. The van der Waals surface area contributed by atoms with Crippen molar-refractivity contribution in [2.24, 2.45) is 11.7 Å². The highest BCUT2D eigenvalue weighted by Crippen LogP contribution is 2.17. The van der Waals surface area contributed by atoms with Crippen molar-refractivity contribution in [3.05, 3.63) is 34.6 Å². The first kappa shape index (κ1) is 13.1. The van der Waals surface area contributed by atoms with Crippen molar-refractivity contribution in [2.75, 3.05) is 6.54 Å². The van der Waals surface area contributed by atoms with Gasteiger partial charge in [-0.25, -0.2) is 4.39 Å². The summed E-state index contributed by atoms with van der Waals surface area (Å²) in [7, 11) is 0. The Labute approximate surface area is 99.6 Å². The van der Waals surface area contributed by atoms with Gasteiger partial charge in [-0.15, -0.1) is 0 Å². The summed E-state index contributed by atoms with van der Waals surface area (Å²) in [6.07, 6.45) is 0.703. The lowest BCUT2D eigenvalue weighted by atomic mass is 9.96. The van der Waals surface area contributed by atoms with Crippen LogP contribution >= 0.6 is 11.6 Å². The number of Topliss-reactive ketones (excluding diaryl/α,β-unsaturated/α-hetero) is 1. The molecule has 0 radical (unpaired) electrons. The van der Waals surface area contributed by atoms with Crippen LogP contribution in [0.25, 0.3) is 0 Å². The van der Waals surface area contributed by atoms with Crippen molar-refractivity contribution in [1.82, 2.24) is 0 Å². The van der Waals surface area contributed by atoms with E-state index in [1.54, 1.807) is 6.92 Å². The number of rotatable bonds is 5. The lowest BCUT2D eigenvalue weighted by Gasteiger charge is -2.09. The van der Waals surface area contributed by atoms with Crippen molar-refractivity contribution in [1.29, 1.82) is 0 Å². The molecular weight excluding hydrogens is 229 g/mol. The minimum atomic E-state index is -0.391. The van der Waals surface area contributed by atoms with Crippen LogP contribution < -0.4 is 5.73 Å². The third kappa shape index (κ3) is 3.58. The number of carbonyl (C=O) groups is 1. The summed E-state index contributed by atoms with van der Waals surface area (Å²) >= 11 is 5.74. The lowest BCUT2D eigenvalue weighted by Crippen LogP contribution is -2.17. The van der Waals surface area contributed by atoms with E-state index in [9.17, 15) is 9.18 Å². The maximum Gasteiger partial charge on any atom is 0.140 e. The average molecular weight is 244 g/mol. The Morgan fingerprint density at radius 3 is 2.88 bits per heavy atom. The third-order valence-corrected chi connectivity index (χ3v) is 2.76. The SMILES string of the molecule is CC(CCN)C(=O)Cc1cc(Cl)ccc1F. The summed E-state index contributed by atoms with van der Waals surface area (Å²) in [4.78, 5) is 11.7. The summed E-state index contributed by atoms with van der Waals surface area (Å²) in [5.41, 5.74) is 5.72. The molecule has 2 nitrogen and oxygen atoms in total. The smallest absolute Gasteiger partial charge is 0.140 e. The number of carbonyl (C=O) groups excluding carboxylic acids is 1. The van der Waals surface area contributed by atoms with E-state index in [4.69, 9.17) is 17.3 Å². The molecule has 88 valence electrons. The summed E-state index contributed by atoms with van der Waals surface area (Å²) in [5, 5.41) is 0.440. The quantitative estimate of drug-likeness (QED) is 0.864. The number of ketones is 1. The standard InChI is InChI=1S/C12H15ClFNO/c1-8(4-5-15)12(16)7-9-6-10(13)2-3-11(9)14/h2-3,6,8H,4-5,7,15H2,1H3. The van der Waals surface area contributed by atoms with Crippen molar-refractivity contribution in [3.63, 3.8) is 0 Å². The van der Waals surface area contributed by atoms with Gasteiger partial charge in [-0.3, -0.25) is 4.79 Å². The minimum Gasteiger partial charge on any atom is -0.330 e. The summed E-state index contributed by atoms with van der Waals surface area (Å²) in [5.74, 6) is -0.535. The lowest BCUT2D eigenvalue weighted by molar-refractivity contribution is -0.121. The Balaban J connectivity index is 2.72. The zero-order valence-corrected chi connectivity index (χ0v) is 9.93. The first-order valence-corrected chi connectivity index (χ1v) is 5.59. The summed E-state index contributed by atoms with van der Waals surface area (Å²) < 4.78 is 13.3. The van der Waals surface area contributed by atoms with Crippen LogP contribution in [0.5, 0.6) is 0 Å². The maximum absolute atomic E-state index is 13.3. The monoisotopic (exact) mass is 243 g/mol. The van der Waals surface area contributed by atoms with E-state index >= 15 is 0 Å². The summed E-state index contributed by atoms with van der Waals surface area (Å²) in [6.45, 7) is 2.27. The van der Waals surface area contributed by atoms with Crippen LogP contribution in [0.1, 0.15) is 18.9 Å². The van der Waals surface area contributed by atoms with Crippen LogP contribution in [0.2, 0.25) is 5.02 Å². The molecule has 0 amide bonds. The molecule has 0 spiro atoms. The fraction of sp³-hybridized carbons (Fsp3) is 0.417. The molecule has 1 atom stereocenters. The molecule has 0 saturated heterocycles. The van der Waals surface area contributed by atoms with Crippen LogP contribution in [0.15, 0.2) is 18.2 Å². The first-order valence-electron chi connectivity index (χ1n) is 5.21. The van der Waals surface area contributed by atoms with Gasteiger partial charge < -0.3 is 5.73 Å². The number of nitrogens with two attached hydrogens (primary N) is 1. The molecular formula is C12H15ClFNO. The third-order valence-electron chi connectivity index (χ3n) is 2.52. The number of hydrogen-bond donors (Lipinski definition) is 1. The van der Waals surface area contributed by atoms with E-state index < -0.39 is 5.82 Å². The molecule has 0 aliphatic rings. The number of hydrogen-bond acceptors (Lipinski definition) is 2. The molecule has 0 heterocycles. The van der Waals surface area contributed by atoms with Crippen LogP contribution in [-0.4, -0.2) is 12.3 Å². The molecule has 1 aromatic rings. The van der Waals surface area contributed by atoms with Crippen molar-refractivity contribution in [3.8, 4) is 0 Å². The predicted octanol–water partition coefficient (Wildman–Crippen LogP) is 2.58. The highest BCUT2D eigenvalue weighted by Gasteiger charge is 2.14. The van der Waals surface area contributed by atoms with E-state index in [0.29, 0.717) is 23.6 Å². The van der Waals surface area contributed by atoms with Crippen molar-refractivity contribution in [2.45, 2.75) is 19.8 Å². The second-order valence-electron chi connectivity index (χ2n) is 3.86. The van der Waals surface area contributed by atoms with Gasteiger partial charge in [-0.1, -0.05) is 18.5 Å². The zero-order valence-electron chi connectivity index (χ0n) is 9.17. The van der Waals surface area contributed by atoms with Gasteiger partial charge in [-0.05, 0) is 36.7 Å². The van der Waals surface area contributed by atoms with Crippen LogP contribution in [0.4, 0.5) is 4.39 Å². The molecule has 1 rings (SSSR count). The topological polar surface area (TPSA) is 43.1 Å². The minimum absolute atomic E-state index is 0.00776. The molecule has 0 bridgehead atoms. The average Bonchev–Trinajstić information content (AvgIpc) is 2.23. The number of benzene rings is 1. The predicted molar refractivity (Wildman–Crippen MR) is 63.0 cm³/mol. The zero-order chi connectivity index (χ0) is 12.1. The Morgan fingerprint density at radius 2 is 2.25 bits per heavy atom. The van der Waals surface area contributed by atoms with Crippen LogP contribution in [0, 0.1) is 11.7 Å². The van der Waals surface area contributed by atoms with E-state index in [-0.39, 0.29) is 18.1 Å². The van der Waals surface area contributed by atoms with Crippen LogP contribution in [-0.2, 0) is 11.2 Å².